The average Bonchev–Trinajstić information content (AvgIpc) is 3.05. The van der Waals surface area contributed by atoms with Crippen LogP contribution in [0.3, 0.4) is 0 Å². The zero-order chi connectivity index (χ0) is 20.8. The van der Waals surface area contributed by atoms with Crippen molar-refractivity contribution >= 4 is 40.7 Å². The fourth-order valence-corrected chi connectivity index (χ4v) is 3.84. The van der Waals surface area contributed by atoms with Gasteiger partial charge in [0.25, 0.3) is 5.24 Å². The van der Waals surface area contributed by atoms with Crippen LogP contribution in [0, 0.1) is 0 Å². The summed E-state index contributed by atoms with van der Waals surface area (Å²) < 4.78 is 10.5. The van der Waals surface area contributed by atoms with Crippen LogP contribution in [-0.2, 0) is 27.2 Å². The van der Waals surface area contributed by atoms with Gasteiger partial charge in [0.2, 0.25) is 5.91 Å². The highest BCUT2D eigenvalue weighted by Gasteiger charge is 2.31. The standard InChI is InChI=1S/C20H19ClN2O5S/c1-27-19(25)16(23-21)10-12-2-6-14(7-3-12)28-15-8-4-13(5-9-15)11-17-18(24)22-20(26)29-17/h2-9,16-17,23H,10-11H2,1H3,(H,22,24,26). The first kappa shape index (κ1) is 21.2. The maximum atomic E-state index is 11.7. The van der Waals surface area contributed by atoms with Crippen LogP contribution >= 0.6 is 23.5 Å². The molecule has 0 spiro atoms. The van der Waals surface area contributed by atoms with E-state index in [1.807, 2.05) is 36.4 Å². The Labute approximate surface area is 177 Å². The number of carbonyl (C=O) groups is 3. The highest BCUT2D eigenvalue weighted by molar-refractivity contribution is 8.15. The molecule has 0 bridgehead atoms. The zero-order valence-corrected chi connectivity index (χ0v) is 17.1. The van der Waals surface area contributed by atoms with Crippen LogP contribution in [0.15, 0.2) is 48.5 Å². The van der Waals surface area contributed by atoms with Crippen LogP contribution in [0.1, 0.15) is 11.1 Å². The van der Waals surface area contributed by atoms with Gasteiger partial charge >= 0.3 is 5.97 Å². The molecule has 1 aliphatic heterocycles. The van der Waals surface area contributed by atoms with Crippen molar-refractivity contribution in [1.82, 2.24) is 10.2 Å². The van der Waals surface area contributed by atoms with Crippen molar-refractivity contribution < 1.29 is 23.9 Å². The highest BCUT2D eigenvalue weighted by atomic mass is 35.5. The van der Waals surface area contributed by atoms with E-state index in [0.717, 1.165) is 22.9 Å². The van der Waals surface area contributed by atoms with E-state index in [1.165, 1.54) is 7.11 Å². The van der Waals surface area contributed by atoms with Crippen molar-refractivity contribution in [3.05, 3.63) is 59.7 Å². The smallest absolute Gasteiger partial charge is 0.324 e. The lowest BCUT2D eigenvalue weighted by Crippen LogP contribution is -2.33. The molecule has 2 aromatic carbocycles. The normalized spacial score (nSPS) is 17.0. The number of rotatable bonds is 8. The Morgan fingerprint density at radius 3 is 2.17 bits per heavy atom. The molecule has 7 nitrogen and oxygen atoms in total. The van der Waals surface area contributed by atoms with Crippen LogP contribution < -0.4 is 14.9 Å². The molecule has 1 heterocycles. The number of thioether (sulfide) groups is 1. The second kappa shape index (κ2) is 9.78. The number of ether oxygens (including phenoxy) is 2. The SMILES string of the molecule is COC(=O)C(Cc1ccc(Oc2ccc(CC3SC(=O)NC3=O)cc2)cc1)NCl. The molecular weight excluding hydrogens is 416 g/mol. The summed E-state index contributed by atoms with van der Waals surface area (Å²) in [6, 6.07) is 14.0. The second-order valence-electron chi connectivity index (χ2n) is 6.37. The van der Waals surface area contributed by atoms with Gasteiger partial charge in [0.1, 0.15) is 17.5 Å². The van der Waals surface area contributed by atoms with E-state index in [0.29, 0.717) is 24.3 Å². The maximum Gasteiger partial charge on any atom is 0.324 e. The van der Waals surface area contributed by atoms with Crippen LogP contribution in [0.5, 0.6) is 11.5 Å². The summed E-state index contributed by atoms with van der Waals surface area (Å²) in [6.45, 7) is 0. The van der Waals surface area contributed by atoms with Gasteiger partial charge in [-0.05, 0) is 60.0 Å². The van der Waals surface area contributed by atoms with Crippen molar-refractivity contribution in [1.29, 1.82) is 0 Å². The number of benzene rings is 2. The van der Waals surface area contributed by atoms with E-state index >= 15 is 0 Å². The van der Waals surface area contributed by atoms with Gasteiger partial charge < -0.3 is 9.47 Å². The fraction of sp³-hybridized carbons (Fsp3) is 0.250. The Hall–Kier alpha value is -2.55. The molecule has 2 N–H and O–H groups in total. The minimum absolute atomic E-state index is 0.251. The van der Waals surface area contributed by atoms with Gasteiger partial charge in [0.05, 0.1) is 12.4 Å². The molecule has 1 saturated heterocycles. The number of hydrogen-bond donors (Lipinski definition) is 2. The summed E-state index contributed by atoms with van der Waals surface area (Å²) >= 11 is 6.61. The third-order valence-electron chi connectivity index (χ3n) is 4.33. The Bertz CT molecular complexity index is 889. The van der Waals surface area contributed by atoms with E-state index in [9.17, 15) is 14.4 Å². The largest absolute Gasteiger partial charge is 0.468 e. The lowest BCUT2D eigenvalue weighted by Gasteiger charge is -2.13. The molecule has 2 amide bonds. The summed E-state index contributed by atoms with van der Waals surface area (Å²) in [4.78, 5) is 36.9. The number of amides is 2. The predicted octanol–water partition coefficient (Wildman–Crippen LogP) is 3.20. The van der Waals surface area contributed by atoms with Crippen LogP contribution in [0.4, 0.5) is 4.79 Å². The predicted molar refractivity (Wildman–Crippen MR) is 110 cm³/mol. The molecular formula is C20H19ClN2O5S. The molecule has 0 aromatic heterocycles. The van der Waals surface area contributed by atoms with E-state index in [-0.39, 0.29) is 11.1 Å². The molecule has 1 fully saturated rings. The first-order valence-electron chi connectivity index (χ1n) is 8.79. The molecule has 29 heavy (non-hydrogen) atoms. The summed E-state index contributed by atoms with van der Waals surface area (Å²) in [5, 5.41) is 1.59. The number of hydrogen-bond acceptors (Lipinski definition) is 7. The number of halogens is 1. The van der Waals surface area contributed by atoms with Crippen molar-refractivity contribution in [2.24, 2.45) is 0 Å². The van der Waals surface area contributed by atoms with Gasteiger partial charge in [-0.1, -0.05) is 36.0 Å². The molecule has 0 aliphatic carbocycles. The molecule has 0 saturated carbocycles. The Kier molecular flexibility index (Phi) is 7.13. The molecule has 2 atom stereocenters. The molecule has 2 aromatic rings. The lowest BCUT2D eigenvalue weighted by atomic mass is 10.1. The summed E-state index contributed by atoms with van der Waals surface area (Å²) in [5.41, 5.74) is 1.84. The van der Waals surface area contributed by atoms with Gasteiger partial charge in [-0.15, -0.1) is 0 Å². The summed E-state index contributed by atoms with van der Waals surface area (Å²) in [6.07, 6.45) is 0.869. The quantitative estimate of drug-likeness (QED) is 0.486. The van der Waals surface area contributed by atoms with Crippen LogP contribution in [-0.4, -0.2) is 35.5 Å². The molecule has 0 radical (unpaired) electrons. The average molecular weight is 435 g/mol. The molecule has 3 rings (SSSR count). The number of nitrogens with one attached hydrogen (secondary N) is 2. The van der Waals surface area contributed by atoms with Gasteiger partial charge in [0, 0.05) is 0 Å². The number of methoxy groups -OCH3 is 1. The highest BCUT2D eigenvalue weighted by Crippen LogP contribution is 2.26. The number of imide groups is 1. The van der Waals surface area contributed by atoms with E-state index in [4.69, 9.17) is 16.5 Å². The first-order chi connectivity index (χ1) is 14.0. The van der Waals surface area contributed by atoms with Gasteiger partial charge in [-0.2, -0.15) is 0 Å². The fourth-order valence-electron chi connectivity index (χ4n) is 2.81. The zero-order valence-electron chi connectivity index (χ0n) is 15.5. The summed E-state index contributed by atoms with van der Waals surface area (Å²) in [5.74, 6) is 0.611. The molecule has 9 heteroatoms. The number of esters is 1. The van der Waals surface area contributed by atoms with Gasteiger partial charge in [-0.25, -0.2) is 4.84 Å². The lowest BCUT2D eigenvalue weighted by molar-refractivity contribution is -0.142. The van der Waals surface area contributed by atoms with Crippen molar-refractivity contribution in [2.75, 3.05) is 7.11 Å². The van der Waals surface area contributed by atoms with Crippen molar-refractivity contribution in [2.45, 2.75) is 24.1 Å². The van der Waals surface area contributed by atoms with Crippen molar-refractivity contribution in [3.8, 4) is 11.5 Å². The first-order valence-corrected chi connectivity index (χ1v) is 10.1. The summed E-state index contributed by atoms with van der Waals surface area (Å²) in [7, 11) is 1.31. The second-order valence-corrected chi connectivity index (χ2v) is 7.76. The monoisotopic (exact) mass is 434 g/mol. The molecule has 2 unspecified atom stereocenters. The van der Waals surface area contributed by atoms with E-state index in [1.54, 1.807) is 12.1 Å². The Morgan fingerprint density at radius 1 is 1.10 bits per heavy atom. The molecule has 152 valence electrons. The minimum atomic E-state index is -0.628. The van der Waals surface area contributed by atoms with Gasteiger partial charge in [-0.3, -0.25) is 19.7 Å². The van der Waals surface area contributed by atoms with E-state index < -0.39 is 17.3 Å². The van der Waals surface area contributed by atoms with E-state index in [2.05, 4.69) is 14.9 Å². The maximum absolute atomic E-state index is 11.7. The van der Waals surface area contributed by atoms with Crippen molar-refractivity contribution in [3.63, 3.8) is 0 Å². The third-order valence-corrected chi connectivity index (χ3v) is 5.57. The Balaban J connectivity index is 1.56. The molecule has 1 aliphatic rings. The Morgan fingerprint density at radius 2 is 1.69 bits per heavy atom. The number of carbonyl (C=O) groups excluding carboxylic acids is 3. The van der Waals surface area contributed by atoms with Gasteiger partial charge in [0.15, 0.2) is 0 Å². The minimum Gasteiger partial charge on any atom is -0.468 e. The topological polar surface area (TPSA) is 93.7 Å². The third kappa shape index (κ3) is 5.72. The van der Waals surface area contributed by atoms with Crippen LogP contribution in [0.2, 0.25) is 0 Å². The van der Waals surface area contributed by atoms with Crippen LogP contribution in [0.25, 0.3) is 0 Å².